The summed E-state index contributed by atoms with van der Waals surface area (Å²) in [6, 6.07) is 13.6. The molecule has 0 fully saturated rings. The quantitative estimate of drug-likeness (QED) is 0.374. The van der Waals surface area contributed by atoms with Gasteiger partial charge in [0.25, 0.3) is 0 Å². The minimum atomic E-state index is -3.64. The van der Waals surface area contributed by atoms with Gasteiger partial charge in [-0.25, -0.2) is 13.2 Å². The van der Waals surface area contributed by atoms with Gasteiger partial charge in [0.05, 0.1) is 31.8 Å². The first-order chi connectivity index (χ1) is 12.5. The van der Waals surface area contributed by atoms with Crippen molar-refractivity contribution in [3.8, 4) is 5.75 Å². The number of esters is 1. The average molecular weight is 374 g/mol. The number of anilines is 1. The van der Waals surface area contributed by atoms with E-state index in [0.717, 1.165) is 6.08 Å². The summed E-state index contributed by atoms with van der Waals surface area (Å²) in [5.74, 6) is -0.309. The Morgan fingerprint density at radius 3 is 2.73 bits per heavy atom. The van der Waals surface area contributed by atoms with Gasteiger partial charge in [-0.1, -0.05) is 30.3 Å². The number of sulfonamides is 1. The van der Waals surface area contributed by atoms with Gasteiger partial charge in [-0.05, 0) is 18.2 Å². The molecule has 0 spiro atoms. The molecule has 0 amide bonds. The van der Waals surface area contributed by atoms with Crippen LogP contribution in [0.1, 0.15) is 5.56 Å². The van der Waals surface area contributed by atoms with Gasteiger partial charge in [-0.15, -0.1) is 0 Å². The first-order valence-electron chi connectivity index (χ1n) is 7.84. The number of fused-ring (bicyclic) bond motifs is 1. The van der Waals surface area contributed by atoms with Crippen LogP contribution in [0.5, 0.6) is 5.75 Å². The molecule has 0 radical (unpaired) electrons. The summed E-state index contributed by atoms with van der Waals surface area (Å²) in [7, 11) is -2.22. The van der Waals surface area contributed by atoms with E-state index in [-0.39, 0.29) is 18.1 Å². The molecule has 0 atom stereocenters. The molecule has 0 bridgehead atoms. The van der Waals surface area contributed by atoms with Crippen LogP contribution in [-0.4, -0.2) is 32.5 Å². The van der Waals surface area contributed by atoms with Crippen LogP contribution < -0.4 is 10.1 Å². The largest absolute Gasteiger partial charge is 0.504 e. The minimum absolute atomic E-state index is 0.0705. The van der Waals surface area contributed by atoms with E-state index in [9.17, 15) is 13.2 Å². The van der Waals surface area contributed by atoms with Gasteiger partial charge >= 0.3 is 5.97 Å². The van der Waals surface area contributed by atoms with Crippen LogP contribution in [0.2, 0.25) is 0 Å². The monoisotopic (exact) mass is 374 g/mol. The summed E-state index contributed by atoms with van der Waals surface area (Å²) in [4.78, 5) is 12.0. The van der Waals surface area contributed by atoms with Gasteiger partial charge in [0.2, 0.25) is 10.0 Å². The number of hydrogen-bond acceptors (Lipinski definition) is 6. The Morgan fingerprint density at radius 1 is 1.19 bits per heavy atom. The second kappa shape index (κ2) is 7.59. The summed E-state index contributed by atoms with van der Waals surface area (Å²) in [5, 5.41) is 3.09. The second-order valence-corrected chi connectivity index (χ2v) is 7.42. The SMILES string of the molecule is COC=CC(=O)Oc1ccccc1CN1CNc2ccccc2S1(=O)=O. The number of rotatable bonds is 5. The number of ether oxygens (including phenoxy) is 2. The van der Waals surface area contributed by atoms with Crippen LogP contribution in [0.4, 0.5) is 5.69 Å². The highest BCUT2D eigenvalue weighted by Gasteiger charge is 2.31. The second-order valence-electron chi connectivity index (χ2n) is 5.51. The summed E-state index contributed by atoms with van der Waals surface area (Å²) < 4.78 is 36.9. The number of nitrogens with one attached hydrogen (secondary N) is 1. The van der Waals surface area contributed by atoms with Crippen LogP contribution in [0.3, 0.4) is 0 Å². The fourth-order valence-corrected chi connectivity index (χ4v) is 4.06. The van der Waals surface area contributed by atoms with Crippen LogP contribution >= 0.6 is 0 Å². The van der Waals surface area contributed by atoms with E-state index < -0.39 is 16.0 Å². The van der Waals surface area contributed by atoms with E-state index >= 15 is 0 Å². The zero-order valence-corrected chi connectivity index (χ0v) is 14.9. The van der Waals surface area contributed by atoms with Crippen molar-refractivity contribution in [1.82, 2.24) is 4.31 Å². The molecule has 136 valence electrons. The van der Waals surface area contributed by atoms with Crippen LogP contribution in [0, 0.1) is 0 Å². The van der Waals surface area contributed by atoms with Crippen molar-refractivity contribution < 1.29 is 22.7 Å². The zero-order valence-electron chi connectivity index (χ0n) is 14.1. The van der Waals surface area contributed by atoms with Gasteiger partial charge in [-0.3, -0.25) is 0 Å². The molecular weight excluding hydrogens is 356 g/mol. The Morgan fingerprint density at radius 2 is 1.92 bits per heavy atom. The number of nitrogens with zero attached hydrogens (tertiary/aromatic N) is 1. The van der Waals surface area contributed by atoms with Crippen molar-refractivity contribution in [2.75, 3.05) is 19.1 Å². The maximum atomic E-state index is 12.8. The van der Waals surface area contributed by atoms with Crippen LogP contribution in [0.25, 0.3) is 0 Å². The van der Waals surface area contributed by atoms with Crippen molar-refractivity contribution in [3.63, 3.8) is 0 Å². The first-order valence-corrected chi connectivity index (χ1v) is 9.28. The molecule has 2 aromatic carbocycles. The third-order valence-corrected chi connectivity index (χ3v) is 5.67. The highest BCUT2D eigenvalue weighted by molar-refractivity contribution is 7.89. The summed E-state index contributed by atoms with van der Waals surface area (Å²) in [6.07, 6.45) is 2.35. The molecule has 3 rings (SSSR count). The van der Waals surface area contributed by atoms with Crippen molar-refractivity contribution in [3.05, 3.63) is 66.4 Å². The fraction of sp³-hybridized carbons (Fsp3) is 0.167. The van der Waals surface area contributed by atoms with Gasteiger partial charge in [-0.2, -0.15) is 4.31 Å². The summed E-state index contributed by atoms with van der Waals surface area (Å²) in [6.45, 7) is 0.201. The number of carbonyl (C=O) groups excluding carboxylic acids is 1. The standard InChI is InChI=1S/C18H18N2O5S/c1-24-11-10-18(21)25-16-8-4-2-6-14(16)12-20-13-19-15-7-3-5-9-17(15)26(20,22)23/h2-11,19H,12-13H2,1H3. The minimum Gasteiger partial charge on any atom is -0.504 e. The Kier molecular flexibility index (Phi) is 5.24. The maximum Gasteiger partial charge on any atom is 0.339 e. The number of carbonyl (C=O) groups is 1. The lowest BCUT2D eigenvalue weighted by Crippen LogP contribution is -2.39. The smallest absolute Gasteiger partial charge is 0.339 e. The van der Waals surface area contributed by atoms with Gasteiger partial charge in [0.1, 0.15) is 10.6 Å². The van der Waals surface area contributed by atoms with E-state index in [4.69, 9.17) is 4.74 Å². The van der Waals surface area contributed by atoms with Crippen LogP contribution in [-0.2, 0) is 26.1 Å². The lowest BCUT2D eigenvalue weighted by atomic mass is 10.2. The third kappa shape index (κ3) is 3.71. The van der Waals surface area contributed by atoms with Gasteiger partial charge in [0, 0.05) is 12.1 Å². The molecule has 0 saturated heterocycles. The number of methoxy groups -OCH3 is 1. The molecule has 0 aromatic heterocycles. The Balaban J connectivity index is 1.84. The number of para-hydroxylation sites is 2. The van der Waals surface area contributed by atoms with Crippen molar-refractivity contribution in [2.45, 2.75) is 11.4 Å². The summed E-state index contributed by atoms with van der Waals surface area (Å²) >= 11 is 0. The molecule has 0 aliphatic carbocycles. The van der Waals surface area contributed by atoms with E-state index in [0.29, 0.717) is 17.0 Å². The van der Waals surface area contributed by atoms with Crippen molar-refractivity contribution in [1.29, 1.82) is 0 Å². The predicted molar refractivity (Wildman–Crippen MR) is 95.9 cm³/mol. The lowest BCUT2D eigenvalue weighted by molar-refractivity contribution is -0.129. The van der Waals surface area contributed by atoms with E-state index in [1.54, 1.807) is 48.5 Å². The molecular formula is C18H18N2O5S. The molecule has 1 aliphatic rings. The fourth-order valence-electron chi connectivity index (χ4n) is 2.57. The normalized spacial score (nSPS) is 15.9. The topological polar surface area (TPSA) is 84.9 Å². The van der Waals surface area contributed by atoms with E-state index in [1.807, 2.05) is 0 Å². The van der Waals surface area contributed by atoms with Crippen LogP contribution in [0.15, 0.2) is 65.8 Å². The Hall–Kier alpha value is -2.84. The molecule has 8 heteroatoms. The highest BCUT2D eigenvalue weighted by atomic mass is 32.2. The predicted octanol–water partition coefficient (Wildman–Crippen LogP) is 2.33. The highest BCUT2D eigenvalue weighted by Crippen LogP contribution is 2.31. The molecule has 1 N–H and O–H groups in total. The van der Waals surface area contributed by atoms with Gasteiger partial charge in [0.15, 0.2) is 0 Å². The molecule has 7 nitrogen and oxygen atoms in total. The molecule has 0 unspecified atom stereocenters. The van der Waals surface area contributed by atoms with Gasteiger partial charge < -0.3 is 14.8 Å². The molecule has 2 aromatic rings. The van der Waals surface area contributed by atoms with E-state index in [1.165, 1.54) is 17.7 Å². The Bertz CT molecular complexity index is 940. The number of benzene rings is 2. The zero-order chi connectivity index (χ0) is 18.6. The Labute approximate surface area is 151 Å². The van der Waals surface area contributed by atoms with E-state index in [2.05, 4.69) is 10.1 Å². The average Bonchev–Trinajstić information content (AvgIpc) is 2.64. The third-order valence-electron chi connectivity index (χ3n) is 3.82. The number of hydrogen-bond donors (Lipinski definition) is 1. The molecule has 1 heterocycles. The molecule has 0 saturated carbocycles. The van der Waals surface area contributed by atoms with Crippen molar-refractivity contribution >= 4 is 21.7 Å². The molecule has 1 aliphatic heterocycles. The van der Waals surface area contributed by atoms with Crippen molar-refractivity contribution in [2.24, 2.45) is 0 Å². The molecule has 26 heavy (non-hydrogen) atoms. The summed E-state index contributed by atoms with van der Waals surface area (Å²) in [5.41, 5.74) is 1.16. The maximum absolute atomic E-state index is 12.8. The lowest BCUT2D eigenvalue weighted by Gasteiger charge is -2.29. The first kappa shape index (κ1) is 18.0.